The van der Waals surface area contributed by atoms with E-state index in [4.69, 9.17) is 5.73 Å². The van der Waals surface area contributed by atoms with Crippen LogP contribution in [0, 0.1) is 6.92 Å². The molecule has 0 aromatic heterocycles. The first-order valence-electron chi connectivity index (χ1n) is 7.39. The number of benzene rings is 1. The number of nitrogens with one attached hydrogen (secondary N) is 1. The summed E-state index contributed by atoms with van der Waals surface area (Å²) in [7, 11) is 0. The molecule has 0 radical (unpaired) electrons. The number of carbonyl (C=O) groups is 1. The lowest BCUT2D eigenvalue weighted by Crippen LogP contribution is -2.40. The number of carbonyl (C=O) groups excluding carboxylic acids is 1. The largest absolute Gasteiger partial charge is 0.398 e. The molecule has 0 saturated heterocycles. The standard InChI is InChI=1S/C16H24N2OS/c1-11-8-9-14(17)15(10-11)20-12(2)16(19)18-13-6-4-3-5-7-13/h8-10,12-13H,3-7,17H2,1-2H3,(H,18,19). The van der Waals surface area contributed by atoms with E-state index < -0.39 is 0 Å². The van der Waals surface area contributed by atoms with Gasteiger partial charge < -0.3 is 11.1 Å². The Balaban J connectivity index is 1.91. The molecule has 20 heavy (non-hydrogen) atoms. The molecule has 1 saturated carbocycles. The van der Waals surface area contributed by atoms with Gasteiger partial charge in [0.25, 0.3) is 0 Å². The third-order valence-electron chi connectivity index (χ3n) is 3.79. The van der Waals surface area contributed by atoms with Crippen molar-refractivity contribution in [2.24, 2.45) is 0 Å². The predicted octanol–water partition coefficient (Wildman–Crippen LogP) is 3.51. The molecular weight excluding hydrogens is 268 g/mol. The molecule has 1 aliphatic rings. The van der Waals surface area contributed by atoms with E-state index in [0.29, 0.717) is 6.04 Å². The minimum absolute atomic E-state index is 0.110. The molecule has 1 aromatic rings. The fourth-order valence-electron chi connectivity index (χ4n) is 2.55. The lowest BCUT2D eigenvalue weighted by molar-refractivity contribution is -0.121. The first kappa shape index (κ1) is 15.2. The van der Waals surface area contributed by atoms with E-state index in [1.165, 1.54) is 24.8 Å². The van der Waals surface area contributed by atoms with Crippen molar-refractivity contribution in [3.8, 4) is 0 Å². The maximum absolute atomic E-state index is 12.2. The number of anilines is 1. The van der Waals surface area contributed by atoms with Gasteiger partial charge in [-0.05, 0) is 44.4 Å². The van der Waals surface area contributed by atoms with E-state index in [0.717, 1.165) is 23.4 Å². The zero-order valence-corrected chi connectivity index (χ0v) is 13.1. The summed E-state index contributed by atoms with van der Waals surface area (Å²) in [6, 6.07) is 6.31. The monoisotopic (exact) mass is 292 g/mol. The molecule has 0 spiro atoms. The van der Waals surface area contributed by atoms with Gasteiger partial charge in [0, 0.05) is 16.6 Å². The zero-order valence-electron chi connectivity index (χ0n) is 12.3. The maximum Gasteiger partial charge on any atom is 0.233 e. The highest BCUT2D eigenvalue weighted by Crippen LogP contribution is 2.30. The maximum atomic E-state index is 12.2. The molecule has 0 aliphatic heterocycles. The number of thioether (sulfide) groups is 1. The number of nitrogens with two attached hydrogens (primary N) is 1. The summed E-state index contributed by atoms with van der Waals surface area (Å²) in [5.74, 6) is 0.128. The summed E-state index contributed by atoms with van der Waals surface area (Å²) in [5.41, 5.74) is 7.89. The number of nitrogen functional groups attached to an aromatic ring is 1. The van der Waals surface area contributed by atoms with Crippen molar-refractivity contribution >= 4 is 23.4 Å². The van der Waals surface area contributed by atoms with Crippen molar-refractivity contribution in [1.29, 1.82) is 0 Å². The third kappa shape index (κ3) is 4.17. The van der Waals surface area contributed by atoms with Crippen molar-refractivity contribution in [1.82, 2.24) is 5.32 Å². The van der Waals surface area contributed by atoms with Crippen LogP contribution < -0.4 is 11.1 Å². The Labute approximate surface area is 125 Å². The molecule has 1 atom stereocenters. The van der Waals surface area contributed by atoms with Crippen LogP contribution in [0.1, 0.15) is 44.6 Å². The summed E-state index contributed by atoms with van der Waals surface area (Å²) in [4.78, 5) is 13.2. The van der Waals surface area contributed by atoms with Crippen LogP contribution in [0.3, 0.4) is 0 Å². The molecule has 110 valence electrons. The fraction of sp³-hybridized carbons (Fsp3) is 0.562. The van der Waals surface area contributed by atoms with Crippen molar-refractivity contribution in [2.75, 3.05) is 5.73 Å². The van der Waals surface area contributed by atoms with Crippen molar-refractivity contribution in [3.05, 3.63) is 23.8 Å². The molecule has 3 N–H and O–H groups in total. The molecule has 1 aromatic carbocycles. The van der Waals surface area contributed by atoms with Crippen LogP contribution >= 0.6 is 11.8 Å². The second-order valence-electron chi connectivity index (χ2n) is 5.64. The summed E-state index contributed by atoms with van der Waals surface area (Å²) in [5, 5.41) is 3.06. The fourth-order valence-corrected chi connectivity index (χ4v) is 3.57. The summed E-state index contributed by atoms with van der Waals surface area (Å²) >= 11 is 1.54. The van der Waals surface area contributed by atoms with Gasteiger partial charge in [0.2, 0.25) is 5.91 Å². The van der Waals surface area contributed by atoms with Crippen molar-refractivity contribution in [3.63, 3.8) is 0 Å². The molecule has 1 unspecified atom stereocenters. The quantitative estimate of drug-likeness (QED) is 0.659. The van der Waals surface area contributed by atoms with Gasteiger partial charge >= 0.3 is 0 Å². The number of hydrogen-bond donors (Lipinski definition) is 2. The minimum Gasteiger partial charge on any atom is -0.398 e. The van der Waals surface area contributed by atoms with E-state index >= 15 is 0 Å². The molecule has 3 nitrogen and oxygen atoms in total. The van der Waals surface area contributed by atoms with Gasteiger partial charge in [-0.15, -0.1) is 11.8 Å². The zero-order chi connectivity index (χ0) is 14.5. The summed E-state index contributed by atoms with van der Waals surface area (Å²) in [6.07, 6.45) is 6.01. The molecule has 1 amide bonds. The smallest absolute Gasteiger partial charge is 0.233 e. The van der Waals surface area contributed by atoms with Gasteiger partial charge in [-0.3, -0.25) is 4.79 Å². The topological polar surface area (TPSA) is 55.1 Å². The van der Waals surface area contributed by atoms with Gasteiger partial charge in [0.15, 0.2) is 0 Å². The van der Waals surface area contributed by atoms with Crippen LogP contribution in [0.4, 0.5) is 5.69 Å². The number of aryl methyl sites for hydroxylation is 1. The molecule has 1 aliphatic carbocycles. The number of hydrogen-bond acceptors (Lipinski definition) is 3. The van der Waals surface area contributed by atoms with Crippen LogP contribution in [0.5, 0.6) is 0 Å². The van der Waals surface area contributed by atoms with E-state index in [1.807, 2.05) is 32.0 Å². The Morgan fingerprint density at radius 3 is 2.75 bits per heavy atom. The third-order valence-corrected chi connectivity index (χ3v) is 4.97. The van der Waals surface area contributed by atoms with E-state index in [9.17, 15) is 4.79 Å². The highest BCUT2D eigenvalue weighted by atomic mass is 32.2. The Morgan fingerprint density at radius 2 is 2.05 bits per heavy atom. The van der Waals surface area contributed by atoms with Crippen molar-refractivity contribution < 1.29 is 4.79 Å². The van der Waals surface area contributed by atoms with Crippen molar-refractivity contribution in [2.45, 2.75) is 62.1 Å². The predicted molar refractivity (Wildman–Crippen MR) is 85.9 cm³/mol. The Kier molecular flexibility index (Phi) is 5.35. The Bertz CT molecular complexity index is 470. The first-order chi connectivity index (χ1) is 9.56. The van der Waals surface area contributed by atoms with Gasteiger partial charge in [-0.25, -0.2) is 0 Å². The molecule has 1 fully saturated rings. The normalized spacial score (nSPS) is 17.7. The minimum atomic E-state index is -0.110. The van der Waals surface area contributed by atoms with Crippen LogP contribution in [0.25, 0.3) is 0 Å². The lowest BCUT2D eigenvalue weighted by Gasteiger charge is -2.24. The van der Waals surface area contributed by atoms with Gasteiger partial charge in [-0.1, -0.05) is 25.3 Å². The summed E-state index contributed by atoms with van der Waals surface area (Å²) in [6.45, 7) is 3.99. The number of amides is 1. The molecular formula is C16H24N2OS. The molecule has 4 heteroatoms. The second kappa shape index (κ2) is 7.02. The van der Waals surface area contributed by atoms with Gasteiger partial charge in [-0.2, -0.15) is 0 Å². The molecule has 2 rings (SSSR count). The number of rotatable bonds is 4. The first-order valence-corrected chi connectivity index (χ1v) is 8.27. The van der Waals surface area contributed by atoms with E-state index in [-0.39, 0.29) is 11.2 Å². The highest BCUT2D eigenvalue weighted by molar-refractivity contribution is 8.00. The lowest BCUT2D eigenvalue weighted by atomic mass is 9.95. The SMILES string of the molecule is Cc1ccc(N)c(SC(C)C(=O)NC2CCCCC2)c1. The Morgan fingerprint density at radius 1 is 1.35 bits per heavy atom. The van der Waals surface area contributed by atoms with Crippen LogP contribution in [-0.4, -0.2) is 17.2 Å². The van der Waals surface area contributed by atoms with Crippen LogP contribution in [-0.2, 0) is 4.79 Å². The molecule has 0 heterocycles. The average molecular weight is 292 g/mol. The Hall–Kier alpha value is -1.16. The average Bonchev–Trinajstić information content (AvgIpc) is 2.44. The van der Waals surface area contributed by atoms with E-state index in [1.54, 1.807) is 11.8 Å². The highest BCUT2D eigenvalue weighted by Gasteiger charge is 2.20. The molecule has 0 bridgehead atoms. The second-order valence-corrected chi connectivity index (χ2v) is 7.03. The van der Waals surface area contributed by atoms with Gasteiger partial charge in [0.1, 0.15) is 0 Å². The van der Waals surface area contributed by atoms with Crippen LogP contribution in [0.15, 0.2) is 23.1 Å². The van der Waals surface area contributed by atoms with Crippen LogP contribution in [0.2, 0.25) is 0 Å². The van der Waals surface area contributed by atoms with Gasteiger partial charge in [0.05, 0.1) is 5.25 Å². The summed E-state index contributed by atoms with van der Waals surface area (Å²) < 4.78 is 0. The van der Waals surface area contributed by atoms with E-state index in [2.05, 4.69) is 5.32 Å².